The molecule has 0 aliphatic carbocycles. The summed E-state index contributed by atoms with van der Waals surface area (Å²) < 4.78 is 1.82. The molecule has 1 amide bonds. The number of carbonyl (C=O) groups excluding carboxylic acids is 1. The molecule has 104 valence electrons. The van der Waals surface area contributed by atoms with Crippen molar-refractivity contribution in [3.63, 3.8) is 0 Å². The third-order valence-corrected chi connectivity index (χ3v) is 2.67. The molecule has 0 aliphatic rings. The molecule has 2 rings (SSSR count). The molecule has 0 aromatic carbocycles. The zero-order valence-corrected chi connectivity index (χ0v) is 10.9. The molecule has 1 unspecified atom stereocenters. The van der Waals surface area contributed by atoms with Crippen molar-refractivity contribution in [2.24, 2.45) is 0 Å². The lowest BCUT2D eigenvalue weighted by Gasteiger charge is -2.14. The van der Waals surface area contributed by atoms with E-state index in [4.69, 9.17) is 5.11 Å². The van der Waals surface area contributed by atoms with Gasteiger partial charge in [0.15, 0.2) is 0 Å². The summed E-state index contributed by atoms with van der Waals surface area (Å²) in [6.07, 6.45) is 6.47. The summed E-state index contributed by atoms with van der Waals surface area (Å²) in [4.78, 5) is 30.8. The van der Waals surface area contributed by atoms with Gasteiger partial charge in [0.05, 0.1) is 11.9 Å². The Bertz CT molecular complexity index is 610. The Kier molecular flexibility index (Phi) is 4.09. The van der Waals surface area contributed by atoms with Gasteiger partial charge in [-0.25, -0.2) is 9.78 Å². The molecule has 0 aliphatic heterocycles. The third-order valence-electron chi connectivity index (χ3n) is 2.67. The molecule has 2 aromatic rings. The second kappa shape index (κ2) is 5.96. The van der Waals surface area contributed by atoms with Gasteiger partial charge in [-0.15, -0.1) is 0 Å². The number of rotatable bonds is 5. The first-order chi connectivity index (χ1) is 9.58. The highest BCUT2D eigenvalue weighted by atomic mass is 16.4. The molecule has 0 radical (unpaired) electrons. The van der Waals surface area contributed by atoms with Gasteiger partial charge >= 0.3 is 5.97 Å². The number of pyridine rings is 1. The average molecular weight is 274 g/mol. The maximum absolute atomic E-state index is 12.0. The summed E-state index contributed by atoms with van der Waals surface area (Å²) in [7, 11) is 0. The van der Waals surface area contributed by atoms with Crippen LogP contribution in [0.5, 0.6) is 0 Å². The molecule has 0 fully saturated rings. The number of carboxylic acids is 1. The number of amides is 1. The van der Waals surface area contributed by atoms with Crippen LogP contribution in [0.4, 0.5) is 0 Å². The zero-order chi connectivity index (χ0) is 14.5. The number of aromatic carboxylic acids is 1. The molecule has 7 nitrogen and oxygen atoms in total. The van der Waals surface area contributed by atoms with Crippen LogP contribution in [0.2, 0.25) is 0 Å². The van der Waals surface area contributed by atoms with Gasteiger partial charge in [-0.05, 0) is 19.1 Å². The van der Waals surface area contributed by atoms with Gasteiger partial charge in [0, 0.05) is 31.2 Å². The van der Waals surface area contributed by atoms with Gasteiger partial charge in [-0.1, -0.05) is 0 Å². The van der Waals surface area contributed by atoms with E-state index in [0.29, 0.717) is 6.54 Å². The Morgan fingerprint density at radius 3 is 2.90 bits per heavy atom. The minimum Gasteiger partial charge on any atom is -0.478 e. The summed E-state index contributed by atoms with van der Waals surface area (Å²) in [5.41, 5.74) is -0.197. The molecular weight excluding hydrogens is 260 g/mol. The third kappa shape index (κ3) is 3.19. The normalized spacial score (nSPS) is 11.8. The summed E-state index contributed by atoms with van der Waals surface area (Å²) in [6, 6.07) is 2.65. The van der Waals surface area contributed by atoms with Gasteiger partial charge in [0.1, 0.15) is 5.69 Å². The highest BCUT2D eigenvalue weighted by Gasteiger charge is 2.18. The molecule has 2 heterocycles. The lowest BCUT2D eigenvalue weighted by molar-refractivity contribution is 0.0689. The lowest BCUT2D eigenvalue weighted by atomic mass is 10.1. The fraction of sp³-hybridized carbons (Fsp3) is 0.231. The number of carbonyl (C=O) groups is 2. The van der Waals surface area contributed by atoms with E-state index < -0.39 is 11.9 Å². The molecular formula is C13H14N4O3. The fourth-order valence-corrected chi connectivity index (χ4v) is 1.81. The van der Waals surface area contributed by atoms with Crippen molar-refractivity contribution in [3.05, 3.63) is 48.3 Å². The summed E-state index contributed by atoms with van der Waals surface area (Å²) in [5.74, 6) is -1.68. The van der Waals surface area contributed by atoms with Gasteiger partial charge in [-0.2, -0.15) is 0 Å². The number of nitrogens with one attached hydrogen (secondary N) is 1. The minimum absolute atomic E-state index is 0.0857. The predicted octanol–water partition coefficient (Wildman–Crippen LogP) is 0.795. The van der Waals surface area contributed by atoms with Crippen LogP contribution in [-0.2, 0) is 6.54 Å². The van der Waals surface area contributed by atoms with Crippen LogP contribution in [-0.4, -0.2) is 37.6 Å². The molecule has 2 aromatic heterocycles. The second-order valence-electron chi connectivity index (χ2n) is 4.34. The second-order valence-corrected chi connectivity index (χ2v) is 4.34. The maximum Gasteiger partial charge on any atom is 0.338 e. The zero-order valence-electron chi connectivity index (χ0n) is 10.9. The Morgan fingerprint density at radius 2 is 2.25 bits per heavy atom. The molecule has 20 heavy (non-hydrogen) atoms. The maximum atomic E-state index is 12.0. The van der Waals surface area contributed by atoms with Gasteiger partial charge in [-0.3, -0.25) is 9.78 Å². The Labute approximate surface area is 115 Å². The van der Waals surface area contributed by atoms with Crippen LogP contribution in [0.3, 0.4) is 0 Å². The molecule has 0 saturated heterocycles. The Morgan fingerprint density at radius 1 is 1.45 bits per heavy atom. The first kappa shape index (κ1) is 13.7. The predicted molar refractivity (Wildman–Crippen MR) is 70.4 cm³/mol. The molecule has 0 bridgehead atoms. The highest BCUT2D eigenvalue weighted by Crippen LogP contribution is 2.06. The van der Waals surface area contributed by atoms with Crippen LogP contribution in [0.1, 0.15) is 27.8 Å². The Balaban J connectivity index is 2.06. The molecule has 2 N–H and O–H groups in total. The summed E-state index contributed by atoms with van der Waals surface area (Å²) in [6.45, 7) is 2.36. The van der Waals surface area contributed by atoms with E-state index in [1.807, 2.05) is 11.5 Å². The van der Waals surface area contributed by atoms with E-state index in [1.165, 1.54) is 18.3 Å². The van der Waals surface area contributed by atoms with Crippen LogP contribution < -0.4 is 5.32 Å². The first-order valence-electron chi connectivity index (χ1n) is 6.03. The molecule has 1 atom stereocenters. The molecule has 0 saturated carbocycles. The monoisotopic (exact) mass is 274 g/mol. The standard InChI is InChI=1S/C13H14N4O3/c1-9(7-17-6-5-14-8-17)16-12(18)11-10(13(19)20)3-2-4-15-11/h2-6,8-9H,7H2,1H3,(H,16,18)(H,19,20). The van der Waals surface area contributed by atoms with Gasteiger partial charge in [0.25, 0.3) is 5.91 Å². The van der Waals surface area contributed by atoms with Crippen molar-refractivity contribution in [2.75, 3.05) is 0 Å². The number of carboxylic acid groups (broad SMARTS) is 1. The largest absolute Gasteiger partial charge is 0.478 e. The van der Waals surface area contributed by atoms with Crippen molar-refractivity contribution >= 4 is 11.9 Å². The van der Waals surface area contributed by atoms with Gasteiger partial charge in [0.2, 0.25) is 0 Å². The first-order valence-corrected chi connectivity index (χ1v) is 6.03. The lowest BCUT2D eigenvalue weighted by Crippen LogP contribution is -2.36. The number of imidazole rings is 1. The number of hydrogen-bond donors (Lipinski definition) is 2. The van der Waals surface area contributed by atoms with E-state index >= 15 is 0 Å². The summed E-state index contributed by atoms with van der Waals surface area (Å²) in [5, 5.41) is 11.7. The van der Waals surface area contributed by atoms with Crippen molar-refractivity contribution in [1.29, 1.82) is 0 Å². The Hall–Kier alpha value is -2.70. The van der Waals surface area contributed by atoms with Crippen LogP contribution in [0.25, 0.3) is 0 Å². The average Bonchev–Trinajstić information content (AvgIpc) is 2.91. The number of nitrogens with zero attached hydrogens (tertiary/aromatic N) is 3. The van der Waals surface area contributed by atoms with Crippen LogP contribution in [0, 0.1) is 0 Å². The highest BCUT2D eigenvalue weighted by molar-refractivity contribution is 6.03. The van der Waals surface area contributed by atoms with E-state index in [2.05, 4.69) is 15.3 Å². The van der Waals surface area contributed by atoms with Crippen LogP contribution >= 0.6 is 0 Å². The fourth-order valence-electron chi connectivity index (χ4n) is 1.81. The smallest absolute Gasteiger partial charge is 0.338 e. The van der Waals surface area contributed by atoms with Crippen molar-refractivity contribution in [2.45, 2.75) is 19.5 Å². The minimum atomic E-state index is -1.18. The van der Waals surface area contributed by atoms with E-state index in [-0.39, 0.29) is 17.3 Å². The number of hydrogen-bond acceptors (Lipinski definition) is 4. The molecule has 7 heteroatoms. The number of aromatic nitrogens is 3. The van der Waals surface area contributed by atoms with Crippen molar-refractivity contribution in [1.82, 2.24) is 19.9 Å². The van der Waals surface area contributed by atoms with E-state index in [1.54, 1.807) is 18.7 Å². The van der Waals surface area contributed by atoms with E-state index in [9.17, 15) is 9.59 Å². The van der Waals surface area contributed by atoms with Crippen molar-refractivity contribution in [3.8, 4) is 0 Å². The molecule has 0 spiro atoms. The van der Waals surface area contributed by atoms with Gasteiger partial charge < -0.3 is 15.0 Å². The van der Waals surface area contributed by atoms with Crippen molar-refractivity contribution < 1.29 is 14.7 Å². The quantitative estimate of drug-likeness (QED) is 0.840. The van der Waals surface area contributed by atoms with Crippen LogP contribution in [0.15, 0.2) is 37.1 Å². The topological polar surface area (TPSA) is 97.1 Å². The summed E-state index contributed by atoms with van der Waals surface area (Å²) >= 11 is 0. The SMILES string of the molecule is CC(Cn1ccnc1)NC(=O)c1ncccc1C(=O)O. The van der Waals surface area contributed by atoms with E-state index in [0.717, 1.165) is 0 Å².